The number of esters is 3. The number of unbranched alkanes of at least 4 members (excludes halogenated alkanes) is 10. The molecule has 0 aromatic heterocycles. The summed E-state index contributed by atoms with van der Waals surface area (Å²) in [5.74, 6) is 1.86. The molecule has 0 aliphatic carbocycles. The summed E-state index contributed by atoms with van der Waals surface area (Å²) in [5.41, 5.74) is 0. The van der Waals surface area contributed by atoms with Gasteiger partial charge in [-0.3, -0.25) is 14.4 Å². The van der Waals surface area contributed by atoms with E-state index in [1.165, 1.54) is 25.7 Å². The zero-order valence-electron chi connectivity index (χ0n) is 32.1. The van der Waals surface area contributed by atoms with Crippen molar-refractivity contribution in [1.82, 2.24) is 4.90 Å². The van der Waals surface area contributed by atoms with E-state index in [0.717, 1.165) is 121 Å². The minimum Gasteiger partial charge on any atom is -0.466 e. The third-order valence-electron chi connectivity index (χ3n) is 8.90. The predicted octanol–water partition coefficient (Wildman–Crippen LogP) is 10.5. The lowest BCUT2D eigenvalue weighted by molar-refractivity contribution is -0.150. The summed E-state index contributed by atoms with van der Waals surface area (Å²) >= 11 is 0. The Balaban J connectivity index is 4.12. The van der Waals surface area contributed by atoms with Crippen LogP contribution < -0.4 is 0 Å². The topological polar surface area (TPSA) is 82.1 Å². The third-order valence-corrected chi connectivity index (χ3v) is 8.90. The van der Waals surface area contributed by atoms with Crippen LogP contribution in [0.5, 0.6) is 0 Å². The van der Waals surface area contributed by atoms with E-state index in [0.29, 0.717) is 38.4 Å². The van der Waals surface area contributed by atoms with Gasteiger partial charge in [-0.15, -0.1) is 0 Å². The molecular formula is C40H77NO6. The minimum atomic E-state index is -0.0805. The van der Waals surface area contributed by atoms with Gasteiger partial charge in [0.05, 0.1) is 13.2 Å². The van der Waals surface area contributed by atoms with Crippen LogP contribution in [0, 0.1) is 17.8 Å². The maximum Gasteiger partial charge on any atom is 0.306 e. The molecule has 0 aromatic rings. The first-order valence-electron chi connectivity index (χ1n) is 19.6. The van der Waals surface area contributed by atoms with Gasteiger partial charge in [-0.05, 0) is 96.2 Å². The van der Waals surface area contributed by atoms with Crippen molar-refractivity contribution < 1.29 is 28.6 Å². The summed E-state index contributed by atoms with van der Waals surface area (Å²) in [6.07, 6.45) is 22.3. The highest BCUT2D eigenvalue weighted by molar-refractivity contribution is 5.70. The van der Waals surface area contributed by atoms with Crippen LogP contribution in [0.3, 0.4) is 0 Å². The van der Waals surface area contributed by atoms with E-state index in [-0.39, 0.29) is 24.0 Å². The van der Waals surface area contributed by atoms with E-state index < -0.39 is 0 Å². The van der Waals surface area contributed by atoms with E-state index in [1.54, 1.807) is 0 Å². The molecular weight excluding hydrogens is 590 g/mol. The molecule has 7 nitrogen and oxygen atoms in total. The predicted molar refractivity (Wildman–Crippen MR) is 195 cm³/mol. The van der Waals surface area contributed by atoms with Crippen LogP contribution >= 0.6 is 0 Å². The van der Waals surface area contributed by atoms with Crippen LogP contribution in [0.25, 0.3) is 0 Å². The van der Waals surface area contributed by atoms with Gasteiger partial charge in [-0.1, -0.05) is 105 Å². The maximum absolute atomic E-state index is 12.5. The fraction of sp³-hybridized carbons (Fsp3) is 0.925. The molecule has 0 aliphatic heterocycles. The van der Waals surface area contributed by atoms with Crippen molar-refractivity contribution >= 4 is 17.9 Å². The first kappa shape index (κ1) is 45.4. The molecule has 2 atom stereocenters. The Labute approximate surface area is 291 Å². The van der Waals surface area contributed by atoms with Crippen molar-refractivity contribution in [3.8, 4) is 0 Å². The van der Waals surface area contributed by atoms with Gasteiger partial charge in [-0.2, -0.15) is 0 Å². The first-order chi connectivity index (χ1) is 22.5. The molecule has 0 rings (SSSR count). The third kappa shape index (κ3) is 34.0. The number of nitrogens with zero attached hydrogens (tertiary/aromatic N) is 1. The first-order valence-corrected chi connectivity index (χ1v) is 19.6. The summed E-state index contributed by atoms with van der Waals surface area (Å²) in [6.45, 7) is 13.2. The SMILES string of the molecule is CC(C)CCCCCOC(=O)CCCCCCCC(CCCCCCCC(=O)OCCC(C)CCC(C)C)OC(=O)CCCN(C)C. The number of carbonyl (C=O) groups is 3. The van der Waals surface area contributed by atoms with Crippen molar-refractivity contribution in [3.63, 3.8) is 0 Å². The van der Waals surface area contributed by atoms with E-state index in [9.17, 15) is 14.4 Å². The average Bonchev–Trinajstić information content (AvgIpc) is 3.00. The Morgan fingerprint density at radius 1 is 0.468 bits per heavy atom. The Kier molecular flexibility index (Phi) is 30.5. The van der Waals surface area contributed by atoms with Gasteiger partial charge in [0.25, 0.3) is 0 Å². The number of hydrogen-bond acceptors (Lipinski definition) is 7. The lowest BCUT2D eigenvalue weighted by Gasteiger charge is -2.18. The van der Waals surface area contributed by atoms with Gasteiger partial charge in [0.2, 0.25) is 0 Å². The number of rotatable bonds is 33. The lowest BCUT2D eigenvalue weighted by atomic mass is 9.97. The van der Waals surface area contributed by atoms with Gasteiger partial charge in [0, 0.05) is 19.3 Å². The normalized spacial score (nSPS) is 12.9. The fourth-order valence-electron chi connectivity index (χ4n) is 5.69. The minimum absolute atomic E-state index is 0.0183. The molecule has 0 spiro atoms. The van der Waals surface area contributed by atoms with Crippen LogP contribution in [0.15, 0.2) is 0 Å². The number of hydrogen-bond donors (Lipinski definition) is 0. The fourth-order valence-corrected chi connectivity index (χ4v) is 5.69. The molecule has 0 aromatic carbocycles. The van der Waals surface area contributed by atoms with Gasteiger partial charge >= 0.3 is 17.9 Å². The van der Waals surface area contributed by atoms with Crippen molar-refractivity contribution in [2.24, 2.45) is 17.8 Å². The van der Waals surface area contributed by atoms with Crippen molar-refractivity contribution in [1.29, 1.82) is 0 Å². The second-order valence-corrected chi connectivity index (χ2v) is 15.2. The van der Waals surface area contributed by atoms with E-state index >= 15 is 0 Å². The van der Waals surface area contributed by atoms with Crippen LogP contribution in [0.1, 0.15) is 182 Å². The van der Waals surface area contributed by atoms with Crippen molar-refractivity contribution in [3.05, 3.63) is 0 Å². The lowest BCUT2D eigenvalue weighted by Crippen LogP contribution is -2.20. The van der Waals surface area contributed by atoms with Gasteiger partial charge in [-0.25, -0.2) is 0 Å². The highest BCUT2D eigenvalue weighted by Crippen LogP contribution is 2.19. The molecule has 0 N–H and O–H groups in total. The van der Waals surface area contributed by atoms with Crippen LogP contribution in [-0.4, -0.2) is 62.8 Å². The zero-order valence-corrected chi connectivity index (χ0v) is 32.1. The Morgan fingerprint density at radius 3 is 1.49 bits per heavy atom. The summed E-state index contributed by atoms with van der Waals surface area (Å²) in [7, 11) is 4.04. The molecule has 0 heterocycles. The van der Waals surface area contributed by atoms with Gasteiger partial charge in [0.15, 0.2) is 0 Å². The molecule has 0 bridgehead atoms. The van der Waals surface area contributed by atoms with E-state index in [4.69, 9.17) is 14.2 Å². The van der Waals surface area contributed by atoms with Crippen LogP contribution in [0.4, 0.5) is 0 Å². The highest BCUT2D eigenvalue weighted by Gasteiger charge is 2.15. The van der Waals surface area contributed by atoms with Crippen molar-refractivity contribution in [2.75, 3.05) is 33.9 Å². The summed E-state index contributed by atoms with van der Waals surface area (Å²) in [5, 5.41) is 0. The monoisotopic (exact) mass is 668 g/mol. The molecule has 278 valence electrons. The molecule has 0 radical (unpaired) electrons. The van der Waals surface area contributed by atoms with Crippen molar-refractivity contribution in [2.45, 2.75) is 188 Å². The maximum atomic E-state index is 12.5. The molecule has 7 heteroatoms. The number of ether oxygens (including phenoxy) is 3. The zero-order chi connectivity index (χ0) is 35.1. The molecule has 0 aliphatic rings. The molecule has 0 fully saturated rings. The van der Waals surface area contributed by atoms with Crippen LogP contribution in [0.2, 0.25) is 0 Å². The quantitative estimate of drug-likeness (QED) is 0.0391. The van der Waals surface area contributed by atoms with E-state index in [2.05, 4.69) is 39.5 Å². The highest BCUT2D eigenvalue weighted by atomic mass is 16.5. The Bertz CT molecular complexity index is 753. The Hall–Kier alpha value is -1.63. The summed E-state index contributed by atoms with van der Waals surface area (Å²) in [6, 6.07) is 0. The smallest absolute Gasteiger partial charge is 0.306 e. The summed E-state index contributed by atoms with van der Waals surface area (Å²) in [4.78, 5) is 38.7. The second kappa shape index (κ2) is 31.6. The molecule has 47 heavy (non-hydrogen) atoms. The molecule has 0 saturated heterocycles. The molecule has 0 amide bonds. The van der Waals surface area contributed by atoms with Gasteiger partial charge < -0.3 is 19.1 Å². The summed E-state index contributed by atoms with van der Waals surface area (Å²) < 4.78 is 16.8. The number of carbonyl (C=O) groups excluding carboxylic acids is 3. The standard InChI is InChI=1S/C40H77NO6/c1-34(2)22-15-14-20-32-45-38(42)25-18-12-8-10-16-23-37(47-40(44)27-21-31-41(6)7)24-17-11-9-13-19-26-39(43)46-33-30-36(5)29-28-35(3)4/h34-37H,8-33H2,1-7H3. The largest absolute Gasteiger partial charge is 0.466 e. The second-order valence-electron chi connectivity index (χ2n) is 15.2. The van der Waals surface area contributed by atoms with E-state index in [1.807, 2.05) is 14.1 Å². The average molecular weight is 668 g/mol. The Morgan fingerprint density at radius 2 is 0.936 bits per heavy atom. The molecule has 0 saturated carbocycles. The van der Waals surface area contributed by atoms with Gasteiger partial charge in [0.1, 0.15) is 6.10 Å². The van der Waals surface area contributed by atoms with Crippen LogP contribution in [-0.2, 0) is 28.6 Å². The molecule has 2 unspecified atom stereocenters.